The van der Waals surface area contributed by atoms with Gasteiger partial charge in [-0.05, 0) is 18.8 Å². The minimum atomic E-state index is -0.231. The summed E-state index contributed by atoms with van der Waals surface area (Å²) in [7, 11) is 0. The molecule has 0 aromatic heterocycles. The Morgan fingerprint density at radius 1 is 1.54 bits per heavy atom. The first kappa shape index (κ1) is 10.3. The summed E-state index contributed by atoms with van der Waals surface area (Å²) in [6, 6.07) is 0. The summed E-state index contributed by atoms with van der Waals surface area (Å²) in [6.07, 6.45) is 2.12. The van der Waals surface area contributed by atoms with E-state index in [-0.39, 0.29) is 12.5 Å². The first-order valence-electron chi connectivity index (χ1n) is 4.73. The average Bonchev–Trinajstić information content (AvgIpc) is 2.17. The maximum atomic E-state index is 11.5. The largest absolute Gasteiger partial charge is 0.391 e. The first-order valence-corrected chi connectivity index (χ1v) is 4.73. The van der Waals surface area contributed by atoms with Crippen molar-refractivity contribution in [2.24, 2.45) is 5.92 Å². The van der Waals surface area contributed by atoms with Crippen molar-refractivity contribution in [2.45, 2.75) is 19.8 Å². The van der Waals surface area contributed by atoms with E-state index in [0.717, 1.165) is 25.9 Å². The molecule has 0 aromatic carbocycles. The number of nitrogens with zero attached hydrogens (tertiary/aromatic N) is 1. The Bertz CT molecular complexity index is 205. The van der Waals surface area contributed by atoms with Gasteiger partial charge >= 0.3 is 0 Å². The second-order valence-corrected chi connectivity index (χ2v) is 3.74. The van der Waals surface area contributed by atoms with Crippen molar-refractivity contribution in [1.82, 2.24) is 4.90 Å². The zero-order valence-electron chi connectivity index (χ0n) is 8.12. The molecule has 1 rings (SSSR count). The van der Waals surface area contributed by atoms with Gasteiger partial charge in [0, 0.05) is 18.7 Å². The highest BCUT2D eigenvalue weighted by Crippen LogP contribution is 2.17. The fourth-order valence-corrected chi connectivity index (χ4v) is 1.50. The molecular formula is C10H17NO2. The SMILES string of the molecule is C=C(CO)C(=O)N1CCC(C)CC1. The van der Waals surface area contributed by atoms with Gasteiger partial charge in [0.2, 0.25) is 0 Å². The highest BCUT2D eigenvalue weighted by Gasteiger charge is 2.21. The van der Waals surface area contributed by atoms with Crippen molar-refractivity contribution in [3.05, 3.63) is 12.2 Å². The van der Waals surface area contributed by atoms with Crippen LogP contribution < -0.4 is 0 Å². The number of likely N-dealkylation sites (tertiary alicyclic amines) is 1. The molecule has 0 atom stereocenters. The predicted molar refractivity (Wildman–Crippen MR) is 51.2 cm³/mol. The Morgan fingerprint density at radius 2 is 2.08 bits per heavy atom. The number of rotatable bonds is 2. The van der Waals surface area contributed by atoms with Crippen LogP contribution in [0.5, 0.6) is 0 Å². The Balaban J connectivity index is 2.44. The lowest BCUT2D eigenvalue weighted by Crippen LogP contribution is -2.39. The van der Waals surface area contributed by atoms with Gasteiger partial charge in [-0.3, -0.25) is 4.79 Å². The van der Waals surface area contributed by atoms with Crippen LogP contribution in [0.25, 0.3) is 0 Å². The van der Waals surface area contributed by atoms with E-state index < -0.39 is 0 Å². The average molecular weight is 183 g/mol. The molecule has 3 heteroatoms. The van der Waals surface area contributed by atoms with Gasteiger partial charge in [0.25, 0.3) is 5.91 Å². The van der Waals surface area contributed by atoms with Crippen LogP contribution in [0.15, 0.2) is 12.2 Å². The van der Waals surface area contributed by atoms with Gasteiger partial charge in [-0.25, -0.2) is 0 Å². The van der Waals surface area contributed by atoms with Gasteiger partial charge in [-0.15, -0.1) is 0 Å². The third-order valence-corrected chi connectivity index (χ3v) is 2.56. The molecule has 1 fully saturated rings. The van der Waals surface area contributed by atoms with Crippen LogP contribution in [0.3, 0.4) is 0 Å². The van der Waals surface area contributed by atoms with Crippen molar-refractivity contribution in [3.8, 4) is 0 Å². The summed E-state index contributed by atoms with van der Waals surface area (Å²) < 4.78 is 0. The lowest BCUT2D eigenvalue weighted by Gasteiger charge is -2.30. The summed E-state index contributed by atoms with van der Waals surface area (Å²) in [4.78, 5) is 13.3. The molecule has 0 aliphatic carbocycles. The molecular weight excluding hydrogens is 166 g/mol. The number of aliphatic hydroxyl groups is 1. The van der Waals surface area contributed by atoms with Crippen molar-refractivity contribution < 1.29 is 9.90 Å². The van der Waals surface area contributed by atoms with Crippen LogP contribution in [0.1, 0.15) is 19.8 Å². The smallest absolute Gasteiger partial charge is 0.251 e. The third-order valence-electron chi connectivity index (χ3n) is 2.56. The molecule has 1 saturated heterocycles. The standard InChI is InChI=1S/C10H17NO2/c1-8-3-5-11(6-4-8)10(13)9(2)7-12/h8,12H,2-7H2,1H3. The molecule has 74 valence electrons. The molecule has 1 aliphatic rings. The van der Waals surface area contributed by atoms with Crippen LogP contribution in [-0.2, 0) is 4.79 Å². The van der Waals surface area contributed by atoms with Gasteiger partial charge < -0.3 is 10.0 Å². The molecule has 0 spiro atoms. The maximum absolute atomic E-state index is 11.5. The Morgan fingerprint density at radius 3 is 2.54 bits per heavy atom. The third kappa shape index (κ3) is 2.56. The summed E-state index contributed by atoms with van der Waals surface area (Å²) >= 11 is 0. The fraction of sp³-hybridized carbons (Fsp3) is 0.700. The van der Waals surface area contributed by atoms with Crippen molar-refractivity contribution >= 4 is 5.91 Å². The van der Waals surface area contributed by atoms with Crippen LogP contribution in [0, 0.1) is 5.92 Å². The number of hydrogen-bond donors (Lipinski definition) is 1. The molecule has 3 nitrogen and oxygen atoms in total. The number of carbonyl (C=O) groups is 1. The van der Waals surface area contributed by atoms with E-state index in [1.807, 2.05) is 0 Å². The van der Waals surface area contributed by atoms with E-state index in [4.69, 9.17) is 5.11 Å². The minimum Gasteiger partial charge on any atom is -0.391 e. The highest BCUT2D eigenvalue weighted by atomic mass is 16.3. The molecule has 13 heavy (non-hydrogen) atoms. The Hall–Kier alpha value is -0.830. The van der Waals surface area contributed by atoms with Crippen molar-refractivity contribution in [3.63, 3.8) is 0 Å². The van der Waals surface area contributed by atoms with Gasteiger partial charge in [-0.2, -0.15) is 0 Å². The fourth-order valence-electron chi connectivity index (χ4n) is 1.50. The molecule has 1 N–H and O–H groups in total. The normalized spacial score (nSPS) is 18.8. The molecule has 0 unspecified atom stereocenters. The lowest BCUT2D eigenvalue weighted by molar-refractivity contribution is -0.128. The number of hydrogen-bond acceptors (Lipinski definition) is 2. The highest BCUT2D eigenvalue weighted by molar-refractivity contribution is 5.93. The van der Waals surface area contributed by atoms with E-state index in [9.17, 15) is 4.79 Å². The van der Waals surface area contributed by atoms with E-state index in [0.29, 0.717) is 11.5 Å². The molecule has 0 saturated carbocycles. The quantitative estimate of drug-likeness (QED) is 0.643. The molecule has 0 bridgehead atoms. The number of carbonyl (C=O) groups excluding carboxylic acids is 1. The summed E-state index contributed by atoms with van der Waals surface area (Å²) in [5.41, 5.74) is 0.301. The van der Waals surface area contributed by atoms with E-state index >= 15 is 0 Å². The minimum absolute atomic E-state index is 0.0885. The predicted octanol–water partition coefficient (Wildman–Crippen LogP) is 0.793. The summed E-state index contributed by atoms with van der Waals surface area (Å²) in [6.45, 7) is 7.10. The van der Waals surface area contributed by atoms with Crippen molar-refractivity contribution in [2.75, 3.05) is 19.7 Å². The Kier molecular flexibility index (Phi) is 3.48. The van der Waals surface area contributed by atoms with Crippen molar-refractivity contribution in [1.29, 1.82) is 0 Å². The van der Waals surface area contributed by atoms with Crippen LogP contribution in [0.4, 0.5) is 0 Å². The Labute approximate surface area is 79.0 Å². The van der Waals surface area contributed by atoms with Crippen LogP contribution in [0.2, 0.25) is 0 Å². The number of piperidine rings is 1. The zero-order chi connectivity index (χ0) is 9.84. The molecule has 1 aliphatic heterocycles. The molecule has 1 amide bonds. The maximum Gasteiger partial charge on any atom is 0.251 e. The first-order chi connectivity index (χ1) is 6.15. The number of amides is 1. The lowest BCUT2D eigenvalue weighted by atomic mass is 9.99. The summed E-state index contributed by atoms with van der Waals surface area (Å²) in [5.74, 6) is 0.626. The number of aliphatic hydroxyl groups excluding tert-OH is 1. The second kappa shape index (κ2) is 4.42. The van der Waals surface area contributed by atoms with E-state index in [2.05, 4.69) is 13.5 Å². The second-order valence-electron chi connectivity index (χ2n) is 3.74. The van der Waals surface area contributed by atoms with E-state index in [1.165, 1.54) is 0 Å². The molecule has 0 radical (unpaired) electrons. The topological polar surface area (TPSA) is 40.5 Å². The van der Waals surface area contributed by atoms with E-state index in [1.54, 1.807) is 4.90 Å². The van der Waals surface area contributed by atoms with Crippen LogP contribution >= 0.6 is 0 Å². The molecule has 1 heterocycles. The summed E-state index contributed by atoms with van der Waals surface area (Å²) in [5, 5.41) is 8.74. The van der Waals surface area contributed by atoms with Gasteiger partial charge in [0.1, 0.15) is 0 Å². The van der Waals surface area contributed by atoms with Crippen LogP contribution in [-0.4, -0.2) is 35.6 Å². The van der Waals surface area contributed by atoms with Gasteiger partial charge in [0.15, 0.2) is 0 Å². The monoisotopic (exact) mass is 183 g/mol. The van der Waals surface area contributed by atoms with Gasteiger partial charge in [-0.1, -0.05) is 13.5 Å². The van der Waals surface area contributed by atoms with Gasteiger partial charge in [0.05, 0.1) is 6.61 Å². The zero-order valence-corrected chi connectivity index (χ0v) is 8.12. The molecule has 0 aromatic rings.